The van der Waals surface area contributed by atoms with E-state index < -0.39 is 66.7 Å². The zero-order valence-electron chi connectivity index (χ0n) is 22.7. The summed E-state index contributed by atoms with van der Waals surface area (Å²) in [7, 11) is 0. The topological polar surface area (TPSA) is 256 Å². The van der Waals surface area contributed by atoms with Gasteiger partial charge >= 0.3 is 12.1 Å². The molecule has 0 radical (unpaired) electrons. The SMILES string of the molecule is CCOCCOCCOCCOCCNC(=O)O[C@@H]([C@@H]1OC(C(=O)O)=C[C@H](N=C(N)N)[C@H]1NC(C)=O)[C@H](O)CO. The molecule has 2 amide bonds. The molecule has 1 aliphatic rings. The third-order valence-electron chi connectivity index (χ3n) is 5.16. The number of aliphatic imine (C=N–C) groups is 1. The van der Waals surface area contributed by atoms with Gasteiger partial charge in [-0.25, -0.2) is 14.6 Å². The van der Waals surface area contributed by atoms with Gasteiger partial charge in [-0.3, -0.25) is 4.79 Å². The molecule has 0 aliphatic carbocycles. The molecule has 17 nitrogen and oxygen atoms in total. The van der Waals surface area contributed by atoms with Crippen molar-refractivity contribution in [2.75, 3.05) is 66.0 Å². The van der Waals surface area contributed by atoms with Crippen molar-refractivity contribution in [2.45, 2.75) is 44.2 Å². The van der Waals surface area contributed by atoms with Crippen LogP contribution in [0.1, 0.15) is 13.8 Å². The fourth-order valence-electron chi connectivity index (χ4n) is 3.46. The quantitative estimate of drug-likeness (QED) is 0.0432. The van der Waals surface area contributed by atoms with Crippen LogP contribution in [-0.2, 0) is 38.0 Å². The van der Waals surface area contributed by atoms with Crippen molar-refractivity contribution in [3.63, 3.8) is 0 Å². The van der Waals surface area contributed by atoms with Crippen LogP contribution < -0.4 is 22.1 Å². The molecule has 1 rings (SSSR count). The molecule has 9 N–H and O–H groups in total. The molecule has 0 aromatic heterocycles. The molecule has 0 bridgehead atoms. The first-order chi connectivity index (χ1) is 19.1. The van der Waals surface area contributed by atoms with Crippen molar-refractivity contribution in [3.8, 4) is 0 Å². The van der Waals surface area contributed by atoms with Gasteiger partial charge in [0.25, 0.3) is 0 Å². The van der Waals surface area contributed by atoms with E-state index in [9.17, 15) is 29.7 Å². The lowest BCUT2D eigenvalue weighted by Crippen LogP contribution is -2.61. The number of rotatable bonds is 20. The summed E-state index contributed by atoms with van der Waals surface area (Å²) in [5, 5.41) is 34.3. The number of aliphatic hydroxyl groups excluding tert-OH is 2. The molecule has 0 unspecified atom stereocenters. The minimum atomic E-state index is -1.73. The highest BCUT2D eigenvalue weighted by Crippen LogP contribution is 2.26. The summed E-state index contributed by atoms with van der Waals surface area (Å²) in [6.45, 7) is 5.33. The molecule has 0 fully saturated rings. The molecule has 40 heavy (non-hydrogen) atoms. The van der Waals surface area contributed by atoms with E-state index in [1.54, 1.807) is 0 Å². The van der Waals surface area contributed by atoms with Crippen LogP contribution >= 0.6 is 0 Å². The van der Waals surface area contributed by atoms with Crippen LogP contribution in [0.4, 0.5) is 4.79 Å². The van der Waals surface area contributed by atoms with Gasteiger partial charge in [-0.05, 0) is 13.0 Å². The predicted molar refractivity (Wildman–Crippen MR) is 138 cm³/mol. The summed E-state index contributed by atoms with van der Waals surface area (Å²) in [6.07, 6.45) is -4.85. The number of carbonyl (C=O) groups is 3. The molecule has 1 heterocycles. The summed E-state index contributed by atoms with van der Waals surface area (Å²) in [4.78, 5) is 39.9. The number of nitrogens with zero attached hydrogens (tertiary/aromatic N) is 1. The van der Waals surface area contributed by atoms with Crippen LogP contribution in [0.15, 0.2) is 16.8 Å². The van der Waals surface area contributed by atoms with E-state index in [0.717, 1.165) is 6.08 Å². The van der Waals surface area contributed by atoms with Gasteiger partial charge in [0.2, 0.25) is 11.7 Å². The molecule has 1 aliphatic heterocycles. The van der Waals surface area contributed by atoms with E-state index in [-0.39, 0.29) is 19.8 Å². The fourth-order valence-corrected chi connectivity index (χ4v) is 3.46. The standard InChI is InChI=1S/C23H41N5O12/c1-3-35-6-7-37-10-11-38-9-8-36-5-4-26-23(34)40-19(16(31)13-29)20-18(27-14(2)30)15(28-22(24)25)12-17(39-20)21(32)33/h12,15-16,18-20,29,31H,3-11,13H2,1-2H3,(H,26,34)(H,27,30)(H,32,33)(H4,24,25,28)/t15-,16+,18+,19+,20+/m0/s1. The van der Waals surface area contributed by atoms with Crippen molar-refractivity contribution in [3.05, 3.63) is 11.8 Å². The number of carboxylic acids is 1. The summed E-state index contributed by atoms with van der Waals surface area (Å²) in [5.74, 6) is -3.11. The minimum Gasteiger partial charge on any atom is -0.477 e. The smallest absolute Gasteiger partial charge is 0.407 e. The monoisotopic (exact) mass is 579 g/mol. The summed E-state index contributed by atoms with van der Waals surface area (Å²) >= 11 is 0. The van der Waals surface area contributed by atoms with Gasteiger partial charge in [0.05, 0.1) is 64.9 Å². The Bertz CT molecular complexity index is 839. The van der Waals surface area contributed by atoms with Crippen molar-refractivity contribution >= 4 is 23.9 Å². The number of hydrogen-bond acceptors (Lipinski definition) is 12. The highest BCUT2D eigenvalue weighted by Gasteiger charge is 2.46. The molecule has 0 saturated carbocycles. The Morgan fingerprint density at radius 2 is 1.62 bits per heavy atom. The fraction of sp³-hybridized carbons (Fsp3) is 0.739. The summed E-state index contributed by atoms with van der Waals surface area (Å²) < 4.78 is 31.9. The van der Waals surface area contributed by atoms with Crippen molar-refractivity contribution in [1.82, 2.24) is 10.6 Å². The van der Waals surface area contributed by atoms with Gasteiger partial charge in [-0.2, -0.15) is 0 Å². The highest BCUT2D eigenvalue weighted by molar-refractivity contribution is 5.85. The van der Waals surface area contributed by atoms with E-state index in [4.69, 9.17) is 39.9 Å². The normalized spacial score (nSPS) is 19.9. The molecular weight excluding hydrogens is 538 g/mol. The number of nitrogens with one attached hydrogen (secondary N) is 2. The Hall–Kier alpha value is -3.22. The van der Waals surface area contributed by atoms with E-state index in [1.165, 1.54) is 6.92 Å². The number of carbonyl (C=O) groups excluding carboxylic acids is 2. The van der Waals surface area contributed by atoms with Gasteiger partial charge in [0.1, 0.15) is 6.10 Å². The number of guanidine groups is 1. The molecule has 230 valence electrons. The second-order valence-corrected chi connectivity index (χ2v) is 8.27. The van der Waals surface area contributed by atoms with Crippen molar-refractivity contribution in [2.24, 2.45) is 16.5 Å². The number of aliphatic hydroxyl groups is 2. The first-order valence-corrected chi connectivity index (χ1v) is 12.6. The summed E-state index contributed by atoms with van der Waals surface area (Å²) in [6, 6.07) is -2.34. The minimum absolute atomic E-state index is 0.0128. The van der Waals surface area contributed by atoms with Crippen LogP contribution in [0, 0.1) is 0 Å². The summed E-state index contributed by atoms with van der Waals surface area (Å²) in [5.41, 5.74) is 10.9. The number of amides is 2. The van der Waals surface area contributed by atoms with E-state index in [1.807, 2.05) is 6.92 Å². The van der Waals surface area contributed by atoms with Crippen molar-refractivity contribution < 1.29 is 58.1 Å². The van der Waals surface area contributed by atoms with Crippen LogP contribution in [0.25, 0.3) is 0 Å². The largest absolute Gasteiger partial charge is 0.477 e. The molecule has 17 heteroatoms. The lowest BCUT2D eigenvalue weighted by molar-refractivity contribution is -0.146. The molecule has 0 spiro atoms. The van der Waals surface area contributed by atoms with Crippen LogP contribution in [0.5, 0.6) is 0 Å². The second-order valence-electron chi connectivity index (χ2n) is 8.27. The predicted octanol–water partition coefficient (Wildman–Crippen LogP) is -2.97. The number of hydrogen-bond donors (Lipinski definition) is 7. The maximum atomic E-state index is 12.5. The molecule has 5 atom stereocenters. The van der Waals surface area contributed by atoms with E-state index in [2.05, 4.69) is 15.6 Å². The van der Waals surface area contributed by atoms with Gasteiger partial charge in [0.15, 0.2) is 18.2 Å². The third-order valence-corrected chi connectivity index (χ3v) is 5.16. The first kappa shape index (κ1) is 34.8. The van der Waals surface area contributed by atoms with Gasteiger partial charge in [-0.15, -0.1) is 0 Å². The molecule has 0 aromatic carbocycles. The molecule has 0 saturated heterocycles. The van der Waals surface area contributed by atoms with Gasteiger partial charge in [-0.1, -0.05) is 0 Å². The second kappa shape index (κ2) is 19.8. The molecular formula is C23H41N5O12. The van der Waals surface area contributed by atoms with E-state index in [0.29, 0.717) is 39.6 Å². The Balaban J connectivity index is 2.65. The number of ether oxygens (including phenoxy) is 6. The van der Waals surface area contributed by atoms with Crippen LogP contribution in [-0.4, -0.2) is 136 Å². The maximum Gasteiger partial charge on any atom is 0.407 e. The Kier molecular flexibility index (Phi) is 17.2. The van der Waals surface area contributed by atoms with Crippen molar-refractivity contribution in [1.29, 1.82) is 0 Å². The molecule has 0 aromatic rings. The zero-order valence-corrected chi connectivity index (χ0v) is 22.7. The Labute approximate surface area is 231 Å². The lowest BCUT2D eigenvalue weighted by atomic mass is 9.92. The average Bonchev–Trinajstić information content (AvgIpc) is 2.89. The number of aliphatic carboxylic acids is 1. The van der Waals surface area contributed by atoms with Crippen LogP contribution in [0.2, 0.25) is 0 Å². The lowest BCUT2D eigenvalue weighted by Gasteiger charge is -2.39. The number of nitrogens with two attached hydrogens (primary N) is 2. The third kappa shape index (κ3) is 13.7. The Morgan fingerprint density at radius 3 is 2.12 bits per heavy atom. The zero-order chi connectivity index (χ0) is 29.9. The van der Waals surface area contributed by atoms with E-state index >= 15 is 0 Å². The average molecular weight is 580 g/mol. The maximum absolute atomic E-state index is 12.5. The van der Waals surface area contributed by atoms with Crippen LogP contribution in [0.3, 0.4) is 0 Å². The van der Waals surface area contributed by atoms with Gasteiger partial charge in [0, 0.05) is 20.1 Å². The number of alkyl carbamates (subject to hydrolysis) is 1. The number of carboxylic acid groups (broad SMARTS) is 1. The highest BCUT2D eigenvalue weighted by atomic mass is 16.6. The first-order valence-electron chi connectivity index (χ1n) is 12.6. The van der Waals surface area contributed by atoms with Gasteiger partial charge < -0.3 is 65.8 Å². The Morgan fingerprint density at radius 1 is 1.05 bits per heavy atom.